The fraction of sp³-hybridized carbons (Fsp3) is 0.211. The number of fused-ring (bicyclic) bond motifs is 4. The van der Waals surface area contributed by atoms with Gasteiger partial charge in [-0.1, -0.05) is 0 Å². The minimum Gasteiger partial charge on any atom is -0.507 e. The number of phenolic OH excluding ortho intramolecular Hbond substituents is 3. The minimum absolute atomic E-state index is 0.145. The normalized spacial score (nSPS) is 15.3. The standard InChI is InChI=1S/C19H17NO5/c1-19(2)7-6-9-13(25-19)8-12(22)14-15(9)20(3)16-10(17(14)23)4-5-11(21)18(16)24/h4-8,21-22,24H,1-3H3. The Morgan fingerprint density at radius 1 is 1.08 bits per heavy atom. The first-order valence-electron chi connectivity index (χ1n) is 7.83. The van der Waals surface area contributed by atoms with E-state index >= 15 is 0 Å². The molecule has 0 saturated heterocycles. The zero-order valence-corrected chi connectivity index (χ0v) is 14.0. The molecule has 2 aromatic carbocycles. The molecule has 0 radical (unpaired) electrons. The molecule has 0 atom stereocenters. The molecule has 2 heterocycles. The van der Waals surface area contributed by atoms with Crippen molar-refractivity contribution in [2.45, 2.75) is 19.4 Å². The molecule has 3 aromatic rings. The number of hydrogen-bond acceptors (Lipinski definition) is 5. The van der Waals surface area contributed by atoms with Crippen LogP contribution in [0.1, 0.15) is 19.4 Å². The third-order valence-corrected chi connectivity index (χ3v) is 4.58. The minimum atomic E-state index is -0.538. The van der Waals surface area contributed by atoms with Crippen LogP contribution in [0.5, 0.6) is 23.0 Å². The summed E-state index contributed by atoms with van der Waals surface area (Å²) in [6, 6.07) is 4.13. The second-order valence-electron chi connectivity index (χ2n) is 6.79. The lowest BCUT2D eigenvalue weighted by Gasteiger charge is -2.29. The molecule has 128 valence electrons. The fourth-order valence-electron chi connectivity index (χ4n) is 3.40. The van der Waals surface area contributed by atoms with Gasteiger partial charge in [-0.2, -0.15) is 0 Å². The number of phenols is 3. The number of nitrogens with zero attached hydrogens (tertiary/aromatic N) is 1. The smallest absolute Gasteiger partial charge is 0.201 e. The first-order valence-corrected chi connectivity index (χ1v) is 7.83. The predicted octanol–water partition coefficient (Wildman–Crippen LogP) is 2.99. The predicted molar refractivity (Wildman–Crippen MR) is 95.4 cm³/mol. The Kier molecular flexibility index (Phi) is 2.89. The van der Waals surface area contributed by atoms with Gasteiger partial charge >= 0.3 is 0 Å². The van der Waals surface area contributed by atoms with E-state index in [1.54, 1.807) is 11.6 Å². The van der Waals surface area contributed by atoms with Crippen LogP contribution in [0.4, 0.5) is 0 Å². The van der Waals surface area contributed by atoms with Crippen LogP contribution in [-0.2, 0) is 7.05 Å². The largest absolute Gasteiger partial charge is 0.507 e. The lowest BCUT2D eigenvalue weighted by atomic mass is 9.98. The molecule has 3 N–H and O–H groups in total. The van der Waals surface area contributed by atoms with E-state index in [0.29, 0.717) is 16.8 Å². The third-order valence-electron chi connectivity index (χ3n) is 4.58. The van der Waals surface area contributed by atoms with Crippen molar-refractivity contribution in [3.63, 3.8) is 0 Å². The van der Waals surface area contributed by atoms with Crippen molar-refractivity contribution in [2.75, 3.05) is 0 Å². The quantitative estimate of drug-likeness (QED) is 0.432. The molecule has 6 nitrogen and oxygen atoms in total. The molecule has 6 heteroatoms. The fourth-order valence-corrected chi connectivity index (χ4v) is 3.40. The van der Waals surface area contributed by atoms with Gasteiger partial charge in [0, 0.05) is 18.7 Å². The third kappa shape index (κ3) is 2.00. The molecule has 0 fully saturated rings. The van der Waals surface area contributed by atoms with Crippen LogP contribution in [0.2, 0.25) is 0 Å². The average molecular weight is 339 g/mol. The van der Waals surface area contributed by atoms with Gasteiger partial charge in [0.1, 0.15) is 17.1 Å². The molecule has 1 aliphatic rings. The molecule has 0 unspecified atom stereocenters. The number of benzene rings is 2. The molecule has 0 aliphatic carbocycles. The summed E-state index contributed by atoms with van der Waals surface area (Å²) in [6.45, 7) is 3.77. The molecular weight excluding hydrogens is 322 g/mol. The lowest BCUT2D eigenvalue weighted by Crippen LogP contribution is -2.28. The Morgan fingerprint density at radius 2 is 1.80 bits per heavy atom. The van der Waals surface area contributed by atoms with Crippen molar-refractivity contribution >= 4 is 27.9 Å². The van der Waals surface area contributed by atoms with Crippen molar-refractivity contribution in [1.82, 2.24) is 4.57 Å². The molecule has 1 aromatic heterocycles. The number of rotatable bonds is 0. The van der Waals surface area contributed by atoms with Crippen LogP contribution in [-0.4, -0.2) is 25.5 Å². The van der Waals surface area contributed by atoms with Crippen LogP contribution in [0.3, 0.4) is 0 Å². The summed E-state index contributed by atoms with van der Waals surface area (Å²) >= 11 is 0. The highest BCUT2D eigenvalue weighted by atomic mass is 16.5. The number of aromatic hydroxyl groups is 3. The number of aryl methyl sites for hydroxylation is 1. The van der Waals surface area contributed by atoms with E-state index in [-0.39, 0.29) is 33.5 Å². The van der Waals surface area contributed by atoms with Gasteiger partial charge in [0.15, 0.2) is 11.5 Å². The summed E-state index contributed by atoms with van der Waals surface area (Å²) in [4.78, 5) is 12.9. The Balaban J connectivity index is 2.29. The molecule has 0 bridgehead atoms. The Bertz CT molecular complexity index is 1150. The second-order valence-corrected chi connectivity index (χ2v) is 6.79. The van der Waals surface area contributed by atoms with Gasteiger partial charge < -0.3 is 24.6 Å². The highest BCUT2D eigenvalue weighted by molar-refractivity contribution is 6.03. The van der Waals surface area contributed by atoms with Gasteiger partial charge in [-0.3, -0.25) is 4.79 Å². The second kappa shape index (κ2) is 4.69. The van der Waals surface area contributed by atoms with E-state index in [0.717, 1.165) is 0 Å². The average Bonchev–Trinajstić information content (AvgIpc) is 2.53. The zero-order valence-electron chi connectivity index (χ0n) is 14.0. The van der Waals surface area contributed by atoms with E-state index in [2.05, 4.69) is 0 Å². The van der Waals surface area contributed by atoms with Gasteiger partial charge in [0.05, 0.1) is 21.8 Å². The van der Waals surface area contributed by atoms with Crippen LogP contribution in [0.25, 0.3) is 27.9 Å². The summed E-state index contributed by atoms with van der Waals surface area (Å²) in [6.07, 6.45) is 3.70. The van der Waals surface area contributed by atoms with Crippen molar-refractivity contribution in [2.24, 2.45) is 7.05 Å². The van der Waals surface area contributed by atoms with Crippen molar-refractivity contribution in [1.29, 1.82) is 0 Å². The van der Waals surface area contributed by atoms with E-state index < -0.39 is 11.0 Å². The van der Waals surface area contributed by atoms with E-state index in [1.807, 2.05) is 26.0 Å². The maximum atomic E-state index is 12.9. The Morgan fingerprint density at radius 3 is 2.52 bits per heavy atom. The van der Waals surface area contributed by atoms with Gasteiger partial charge in [0.25, 0.3) is 0 Å². The Hall–Kier alpha value is -3.15. The highest BCUT2D eigenvalue weighted by Crippen LogP contribution is 2.42. The molecule has 0 saturated carbocycles. The molecule has 0 amide bonds. The number of aromatic nitrogens is 1. The van der Waals surface area contributed by atoms with Gasteiger partial charge in [-0.25, -0.2) is 0 Å². The molecule has 4 rings (SSSR count). The first kappa shape index (κ1) is 15.4. The molecule has 1 aliphatic heterocycles. The topological polar surface area (TPSA) is 91.9 Å². The first-order chi connectivity index (χ1) is 11.7. The van der Waals surface area contributed by atoms with Gasteiger partial charge in [0.2, 0.25) is 5.43 Å². The zero-order chi connectivity index (χ0) is 18.1. The highest BCUT2D eigenvalue weighted by Gasteiger charge is 2.27. The van der Waals surface area contributed by atoms with E-state index in [4.69, 9.17) is 4.74 Å². The van der Waals surface area contributed by atoms with Crippen molar-refractivity contribution < 1.29 is 20.1 Å². The van der Waals surface area contributed by atoms with Crippen molar-refractivity contribution in [3.05, 3.63) is 40.1 Å². The van der Waals surface area contributed by atoms with Crippen molar-refractivity contribution in [3.8, 4) is 23.0 Å². The van der Waals surface area contributed by atoms with Gasteiger partial charge in [-0.15, -0.1) is 0 Å². The van der Waals surface area contributed by atoms with Gasteiger partial charge in [-0.05, 0) is 38.1 Å². The SMILES string of the molecule is Cn1c2c(O)c(O)ccc2c(=O)c2c(O)cc3c(c21)C=CC(C)(C)O3. The number of ether oxygens (including phenoxy) is 1. The maximum absolute atomic E-state index is 12.9. The summed E-state index contributed by atoms with van der Waals surface area (Å²) in [5.74, 6) is -0.428. The van der Waals surface area contributed by atoms with E-state index in [9.17, 15) is 20.1 Å². The number of hydrogen-bond donors (Lipinski definition) is 3. The van der Waals surface area contributed by atoms with Crippen LogP contribution in [0.15, 0.2) is 29.1 Å². The molecule has 0 spiro atoms. The van der Waals surface area contributed by atoms with Crippen LogP contribution < -0.4 is 10.2 Å². The summed E-state index contributed by atoms with van der Waals surface area (Å²) < 4.78 is 7.48. The van der Waals surface area contributed by atoms with E-state index in [1.165, 1.54) is 18.2 Å². The van der Waals surface area contributed by atoms with Crippen LogP contribution in [0, 0.1) is 0 Å². The summed E-state index contributed by atoms with van der Waals surface area (Å²) in [5, 5.41) is 30.9. The molecular formula is C19H17NO5. The lowest BCUT2D eigenvalue weighted by molar-refractivity contribution is 0.159. The summed E-state index contributed by atoms with van der Waals surface area (Å²) in [7, 11) is 1.66. The number of pyridine rings is 1. The Labute approximate surface area is 142 Å². The van der Waals surface area contributed by atoms with Crippen LogP contribution >= 0.6 is 0 Å². The molecule has 25 heavy (non-hydrogen) atoms. The monoisotopic (exact) mass is 339 g/mol. The summed E-state index contributed by atoms with van der Waals surface area (Å²) in [5.41, 5.74) is 0.306. The maximum Gasteiger partial charge on any atom is 0.201 e.